The van der Waals surface area contributed by atoms with Crippen molar-refractivity contribution in [2.24, 2.45) is 0 Å². The van der Waals surface area contributed by atoms with E-state index in [0.29, 0.717) is 12.4 Å². The second-order valence-electron chi connectivity index (χ2n) is 6.87. The van der Waals surface area contributed by atoms with Gasteiger partial charge in [-0.25, -0.2) is 4.39 Å². The number of pyridine rings is 1. The Morgan fingerprint density at radius 3 is 2.74 bits per heavy atom. The third kappa shape index (κ3) is 3.56. The van der Waals surface area contributed by atoms with Gasteiger partial charge in [-0.05, 0) is 55.7 Å². The molecule has 0 aliphatic carbocycles. The van der Waals surface area contributed by atoms with Gasteiger partial charge in [-0.3, -0.25) is 4.98 Å². The molecule has 3 aromatic rings. The van der Waals surface area contributed by atoms with Gasteiger partial charge in [0.15, 0.2) is 0 Å². The highest BCUT2D eigenvalue weighted by atomic mass is 19.1. The molecule has 4 rings (SSSR count). The molecule has 0 amide bonds. The van der Waals surface area contributed by atoms with E-state index in [9.17, 15) is 4.39 Å². The van der Waals surface area contributed by atoms with Crippen LogP contribution in [0.2, 0.25) is 0 Å². The molecule has 0 N–H and O–H groups in total. The third-order valence-electron chi connectivity index (χ3n) is 4.88. The summed E-state index contributed by atoms with van der Waals surface area (Å²) >= 11 is 0. The summed E-state index contributed by atoms with van der Waals surface area (Å²) in [6.45, 7) is 4.49. The van der Waals surface area contributed by atoms with Gasteiger partial charge >= 0.3 is 0 Å². The van der Waals surface area contributed by atoms with Crippen molar-refractivity contribution in [1.29, 1.82) is 5.26 Å². The van der Waals surface area contributed by atoms with E-state index in [2.05, 4.69) is 22.0 Å². The summed E-state index contributed by atoms with van der Waals surface area (Å²) in [5.74, 6) is -0.0623. The molecule has 0 spiro atoms. The first-order chi connectivity index (χ1) is 13.1. The van der Waals surface area contributed by atoms with Crippen molar-refractivity contribution in [1.82, 2.24) is 4.98 Å². The van der Waals surface area contributed by atoms with Gasteiger partial charge in [-0.15, -0.1) is 0 Å². The summed E-state index contributed by atoms with van der Waals surface area (Å²) < 4.78 is 19.0. The van der Waals surface area contributed by atoms with Gasteiger partial charge < -0.3 is 9.64 Å². The predicted octanol–water partition coefficient (Wildman–Crippen LogP) is 4.73. The van der Waals surface area contributed by atoms with Crippen molar-refractivity contribution in [3.05, 3.63) is 65.1 Å². The molecule has 1 saturated heterocycles. The van der Waals surface area contributed by atoms with Crippen molar-refractivity contribution in [3.63, 3.8) is 0 Å². The number of aromatic nitrogens is 1. The minimum atomic E-state index is -0.446. The van der Waals surface area contributed by atoms with Crippen LogP contribution in [0.5, 0.6) is 5.75 Å². The molecule has 2 aromatic carbocycles. The maximum atomic E-state index is 13.3. The first kappa shape index (κ1) is 17.3. The van der Waals surface area contributed by atoms with Crippen LogP contribution >= 0.6 is 0 Å². The van der Waals surface area contributed by atoms with Crippen molar-refractivity contribution < 1.29 is 9.13 Å². The monoisotopic (exact) mass is 361 g/mol. The SMILES string of the molecule is Cc1cc(N2CCCC2)c2ccc(COc3ccc(F)cc3C#N)cc2n1. The van der Waals surface area contributed by atoms with E-state index in [1.54, 1.807) is 0 Å². The highest BCUT2D eigenvalue weighted by Gasteiger charge is 2.16. The molecule has 0 bridgehead atoms. The molecular formula is C22H20FN3O. The largest absolute Gasteiger partial charge is 0.488 e. The lowest BCUT2D eigenvalue weighted by Crippen LogP contribution is -2.18. The Morgan fingerprint density at radius 2 is 1.96 bits per heavy atom. The second-order valence-corrected chi connectivity index (χ2v) is 6.87. The molecule has 1 aromatic heterocycles. The summed E-state index contributed by atoms with van der Waals surface area (Å²) in [5, 5.41) is 10.3. The minimum absolute atomic E-state index is 0.195. The Hall–Kier alpha value is -3.13. The number of halogens is 1. The number of ether oxygens (including phenoxy) is 1. The zero-order chi connectivity index (χ0) is 18.8. The molecule has 1 aliphatic rings. The quantitative estimate of drug-likeness (QED) is 0.674. The summed E-state index contributed by atoms with van der Waals surface area (Å²) in [6, 6.07) is 14.2. The van der Waals surface area contributed by atoms with Crippen molar-refractivity contribution in [3.8, 4) is 11.8 Å². The number of nitriles is 1. The molecule has 1 aliphatic heterocycles. The number of hydrogen-bond donors (Lipinski definition) is 0. The van der Waals surface area contributed by atoms with Crippen LogP contribution in [0.15, 0.2) is 42.5 Å². The number of fused-ring (bicyclic) bond motifs is 1. The Balaban J connectivity index is 1.61. The molecule has 0 atom stereocenters. The average Bonchev–Trinajstić information content (AvgIpc) is 3.20. The van der Waals surface area contributed by atoms with Crippen molar-refractivity contribution >= 4 is 16.6 Å². The van der Waals surface area contributed by atoms with Gasteiger partial charge in [-0.2, -0.15) is 5.26 Å². The molecular weight excluding hydrogens is 341 g/mol. The molecule has 1 fully saturated rings. The smallest absolute Gasteiger partial charge is 0.137 e. The summed E-state index contributed by atoms with van der Waals surface area (Å²) in [5.41, 5.74) is 4.33. The fourth-order valence-corrected chi connectivity index (χ4v) is 3.57. The maximum absolute atomic E-state index is 13.3. The number of aryl methyl sites for hydroxylation is 1. The van der Waals surface area contributed by atoms with E-state index in [1.165, 1.54) is 36.7 Å². The topological polar surface area (TPSA) is 49.1 Å². The molecule has 5 heteroatoms. The summed E-state index contributed by atoms with van der Waals surface area (Å²) in [6.07, 6.45) is 2.46. The first-order valence-corrected chi connectivity index (χ1v) is 9.12. The number of benzene rings is 2. The van der Waals surface area contributed by atoms with Gasteiger partial charge in [0.1, 0.15) is 24.2 Å². The van der Waals surface area contributed by atoms with E-state index < -0.39 is 5.82 Å². The minimum Gasteiger partial charge on any atom is -0.488 e. The highest BCUT2D eigenvalue weighted by molar-refractivity contribution is 5.92. The Labute approximate surface area is 157 Å². The third-order valence-corrected chi connectivity index (χ3v) is 4.88. The predicted molar refractivity (Wildman–Crippen MR) is 103 cm³/mol. The van der Waals surface area contributed by atoms with Gasteiger partial charge in [0.05, 0.1) is 11.1 Å². The number of rotatable bonds is 4. The van der Waals surface area contributed by atoms with Gasteiger partial charge in [0, 0.05) is 29.9 Å². The fourth-order valence-electron chi connectivity index (χ4n) is 3.57. The maximum Gasteiger partial charge on any atom is 0.137 e. The fraction of sp³-hybridized carbons (Fsp3) is 0.273. The highest BCUT2D eigenvalue weighted by Crippen LogP contribution is 2.30. The number of hydrogen-bond acceptors (Lipinski definition) is 4. The first-order valence-electron chi connectivity index (χ1n) is 9.12. The lowest BCUT2D eigenvalue weighted by Gasteiger charge is -2.20. The summed E-state index contributed by atoms with van der Waals surface area (Å²) in [7, 11) is 0. The van der Waals surface area contributed by atoms with Crippen LogP contribution in [0.3, 0.4) is 0 Å². The number of anilines is 1. The standard InChI is InChI=1S/C22H20FN3O/c1-15-10-21(26-8-2-3-9-26)19-6-4-16(11-20(19)25-15)14-27-22-7-5-18(23)12-17(22)13-24/h4-7,10-12H,2-3,8-9,14H2,1H3. The Morgan fingerprint density at radius 1 is 1.15 bits per heavy atom. The number of nitrogens with zero attached hydrogens (tertiary/aromatic N) is 3. The zero-order valence-electron chi connectivity index (χ0n) is 15.2. The van der Waals surface area contributed by atoms with Crippen LogP contribution in [0.25, 0.3) is 10.9 Å². The normalized spacial score (nSPS) is 13.7. The second kappa shape index (κ2) is 7.24. The van der Waals surface area contributed by atoms with E-state index in [0.717, 1.165) is 35.2 Å². The Bertz CT molecular complexity index is 1040. The van der Waals surface area contributed by atoms with E-state index in [1.807, 2.05) is 25.1 Å². The van der Waals surface area contributed by atoms with Crippen LogP contribution in [0.1, 0.15) is 29.7 Å². The molecule has 0 saturated carbocycles. The van der Waals surface area contributed by atoms with Gasteiger partial charge in [-0.1, -0.05) is 12.1 Å². The van der Waals surface area contributed by atoms with E-state index in [4.69, 9.17) is 10.00 Å². The lowest BCUT2D eigenvalue weighted by molar-refractivity contribution is 0.305. The van der Waals surface area contributed by atoms with Crippen molar-refractivity contribution in [2.75, 3.05) is 18.0 Å². The zero-order valence-corrected chi connectivity index (χ0v) is 15.2. The molecule has 2 heterocycles. The van der Waals surface area contributed by atoms with Crippen LogP contribution < -0.4 is 9.64 Å². The van der Waals surface area contributed by atoms with Crippen LogP contribution in [-0.4, -0.2) is 18.1 Å². The molecule has 136 valence electrons. The van der Waals surface area contributed by atoms with Gasteiger partial charge in [0.2, 0.25) is 0 Å². The van der Waals surface area contributed by atoms with E-state index in [-0.39, 0.29) is 5.56 Å². The van der Waals surface area contributed by atoms with Crippen molar-refractivity contribution in [2.45, 2.75) is 26.4 Å². The van der Waals surface area contributed by atoms with Crippen LogP contribution in [0.4, 0.5) is 10.1 Å². The lowest BCUT2D eigenvalue weighted by atomic mass is 10.1. The Kier molecular flexibility index (Phi) is 4.64. The average molecular weight is 361 g/mol. The summed E-state index contributed by atoms with van der Waals surface area (Å²) in [4.78, 5) is 7.11. The molecule has 4 nitrogen and oxygen atoms in total. The molecule has 0 radical (unpaired) electrons. The van der Waals surface area contributed by atoms with E-state index >= 15 is 0 Å². The van der Waals surface area contributed by atoms with Crippen LogP contribution in [-0.2, 0) is 6.61 Å². The molecule has 0 unspecified atom stereocenters. The van der Waals surface area contributed by atoms with Crippen LogP contribution in [0, 0.1) is 24.1 Å². The molecule has 27 heavy (non-hydrogen) atoms. The van der Waals surface area contributed by atoms with Gasteiger partial charge in [0.25, 0.3) is 0 Å².